The lowest BCUT2D eigenvalue weighted by atomic mass is 10.1. The Bertz CT molecular complexity index is 865. The molecule has 3 rings (SSSR count). The molecule has 7 heteroatoms. The van der Waals surface area contributed by atoms with Gasteiger partial charge in [-0.15, -0.1) is 0 Å². The van der Waals surface area contributed by atoms with Crippen LogP contribution in [0.5, 0.6) is 0 Å². The summed E-state index contributed by atoms with van der Waals surface area (Å²) >= 11 is 0. The van der Waals surface area contributed by atoms with Crippen LogP contribution in [-0.2, 0) is 0 Å². The van der Waals surface area contributed by atoms with Crippen LogP contribution in [0.2, 0.25) is 0 Å². The predicted molar refractivity (Wildman–Crippen MR) is 121 cm³/mol. The van der Waals surface area contributed by atoms with Gasteiger partial charge in [0.15, 0.2) is 0 Å². The maximum Gasteiger partial charge on any atom is 0.150 e. The van der Waals surface area contributed by atoms with Crippen LogP contribution in [0.3, 0.4) is 0 Å². The van der Waals surface area contributed by atoms with E-state index in [9.17, 15) is 4.79 Å². The fourth-order valence-corrected chi connectivity index (χ4v) is 2.08. The minimum absolute atomic E-state index is 0.398. The number of nitrogens with two attached hydrogens (primary N) is 2. The number of hydrogen-bond acceptors (Lipinski definition) is 6. The normalized spacial score (nSPS) is 9.75. The third-order valence-corrected chi connectivity index (χ3v) is 3.19. The monoisotopic (exact) mass is 395 g/mol. The molecule has 0 unspecified atom stereocenters. The van der Waals surface area contributed by atoms with E-state index in [1.807, 2.05) is 68.5 Å². The number of aldehydes is 1. The van der Waals surface area contributed by atoms with E-state index in [0.717, 1.165) is 23.1 Å². The Balaban J connectivity index is 0.000000489. The fourth-order valence-electron chi connectivity index (χ4n) is 2.08. The highest BCUT2D eigenvalue weighted by Gasteiger charge is 2.08. The third kappa shape index (κ3) is 7.76. The van der Waals surface area contributed by atoms with Gasteiger partial charge in [0.25, 0.3) is 0 Å². The zero-order valence-corrected chi connectivity index (χ0v) is 17.3. The molecule has 146 valence electrons. The second-order valence-corrected chi connectivity index (χ2v) is 6.48. The van der Waals surface area contributed by atoms with E-state index in [1.54, 1.807) is 18.3 Å². The molecule has 0 spiro atoms. The van der Waals surface area contributed by atoms with Crippen molar-refractivity contribution in [1.29, 1.82) is 0 Å². The molecular formula is C21H26N5OP. The summed E-state index contributed by atoms with van der Waals surface area (Å²) in [5, 5.41) is 0. The summed E-state index contributed by atoms with van der Waals surface area (Å²) in [6, 6.07) is 16.9. The van der Waals surface area contributed by atoms with Gasteiger partial charge in [-0.3, -0.25) is 10.3 Å². The molecule has 3 aromatic rings. The average molecular weight is 395 g/mol. The summed E-state index contributed by atoms with van der Waals surface area (Å²) in [4.78, 5) is 21.5. The zero-order valence-electron chi connectivity index (χ0n) is 16.4. The molecule has 0 radical (unpaired) electrons. The van der Waals surface area contributed by atoms with Gasteiger partial charge in [-0.25, -0.2) is 9.97 Å². The minimum atomic E-state index is 0.398. The van der Waals surface area contributed by atoms with Gasteiger partial charge in [-0.2, -0.15) is 0 Å². The summed E-state index contributed by atoms with van der Waals surface area (Å²) in [6.07, 6.45) is 5.69. The standard InChI is InChI=1S/C17H13N3O.C3H9N.CH4NP/c18-17-16(14-4-2-1-3-5-14)20-15(10-19-17)13-8-6-12(11-21)7-9-13;1-4(2)3;1-3-2/h1-11H,(H2,18,19);1-3H3;1-2H2. The van der Waals surface area contributed by atoms with Crippen LogP contribution < -0.4 is 11.2 Å². The number of benzene rings is 2. The smallest absolute Gasteiger partial charge is 0.150 e. The predicted octanol–water partition coefficient (Wildman–Crippen LogP) is 3.62. The first-order chi connectivity index (χ1) is 13.4. The van der Waals surface area contributed by atoms with Crippen molar-refractivity contribution in [3.8, 4) is 22.5 Å². The van der Waals surface area contributed by atoms with E-state index in [4.69, 9.17) is 11.2 Å². The summed E-state index contributed by atoms with van der Waals surface area (Å²) in [7, 11) is 6.67. The molecule has 1 heterocycles. The topological polar surface area (TPSA) is 98.1 Å². The Morgan fingerprint density at radius 2 is 1.54 bits per heavy atom. The Kier molecular flexibility index (Phi) is 10.3. The van der Waals surface area contributed by atoms with Crippen molar-refractivity contribution in [3.05, 3.63) is 66.4 Å². The van der Waals surface area contributed by atoms with Gasteiger partial charge in [0.05, 0.1) is 11.9 Å². The van der Waals surface area contributed by atoms with Gasteiger partial charge in [-0.05, 0) is 29.5 Å². The molecule has 0 atom stereocenters. The molecule has 28 heavy (non-hydrogen) atoms. The molecule has 0 aliphatic heterocycles. The first kappa shape index (κ1) is 23.1. The molecule has 0 bridgehead atoms. The molecule has 0 amide bonds. The summed E-state index contributed by atoms with van der Waals surface area (Å²) in [5.41, 5.74) is 14.5. The second kappa shape index (κ2) is 12.5. The van der Waals surface area contributed by atoms with E-state index in [1.165, 1.54) is 0 Å². The van der Waals surface area contributed by atoms with Crippen molar-refractivity contribution in [2.75, 3.05) is 26.9 Å². The molecule has 4 N–H and O–H groups in total. The molecular weight excluding hydrogens is 369 g/mol. The Labute approximate surface area is 168 Å². The Morgan fingerprint density at radius 3 is 2.04 bits per heavy atom. The highest BCUT2D eigenvalue weighted by Crippen LogP contribution is 2.25. The van der Waals surface area contributed by atoms with Crippen LogP contribution in [-0.4, -0.2) is 48.6 Å². The third-order valence-electron chi connectivity index (χ3n) is 3.19. The van der Waals surface area contributed by atoms with Gasteiger partial charge >= 0.3 is 0 Å². The molecule has 0 aliphatic rings. The van der Waals surface area contributed by atoms with Gasteiger partial charge in [0.1, 0.15) is 17.8 Å². The van der Waals surface area contributed by atoms with Crippen molar-refractivity contribution in [2.45, 2.75) is 0 Å². The SMILES string of the molecule is C=PN.CN(C)C.Nc1ncc(-c2ccc(C=O)cc2)nc1-c1ccccc1. The second-order valence-electron chi connectivity index (χ2n) is 6.12. The summed E-state index contributed by atoms with van der Waals surface area (Å²) in [6.45, 7) is 0. The van der Waals surface area contributed by atoms with E-state index >= 15 is 0 Å². The minimum Gasteiger partial charge on any atom is -0.382 e. The van der Waals surface area contributed by atoms with Gasteiger partial charge in [0, 0.05) is 16.7 Å². The zero-order chi connectivity index (χ0) is 20.9. The van der Waals surface area contributed by atoms with Crippen molar-refractivity contribution in [1.82, 2.24) is 14.9 Å². The molecule has 0 saturated heterocycles. The van der Waals surface area contributed by atoms with Gasteiger partial charge in [0.2, 0.25) is 0 Å². The number of nitrogens with zero attached hydrogens (tertiary/aromatic N) is 3. The first-order valence-corrected chi connectivity index (χ1v) is 9.58. The number of anilines is 1. The van der Waals surface area contributed by atoms with Crippen molar-refractivity contribution in [2.24, 2.45) is 5.50 Å². The van der Waals surface area contributed by atoms with Crippen molar-refractivity contribution >= 4 is 26.8 Å². The van der Waals surface area contributed by atoms with Gasteiger partial charge in [-0.1, -0.05) is 60.9 Å². The van der Waals surface area contributed by atoms with Crippen LogP contribution in [0.1, 0.15) is 10.4 Å². The van der Waals surface area contributed by atoms with E-state index in [-0.39, 0.29) is 0 Å². The largest absolute Gasteiger partial charge is 0.382 e. The van der Waals surface area contributed by atoms with Crippen molar-refractivity contribution < 1.29 is 4.79 Å². The number of nitrogen functional groups attached to an aromatic ring is 1. The summed E-state index contributed by atoms with van der Waals surface area (Å²) in [5.74, 6) is 0.398. The van der Waals surface area contributed by atoms with Crippen LogP contribution in [0, 0.1) is 0 Å². The van der Waals surface area contributed by atoms with Crippen LogP contribution in [0.15, 0.2) is 60.8 Å². The average Bonchev–Trinajstić information content (AvgIpc) is 2.69. The lowest BCUT2D eigenvalue weighted by Gasteiger charge is -2.07. The van der Waals surface area contributed by atoms with Crippen LogP contribution >= 0.6 is 8.35 Å². The maximum absolute atomic E-state index is 10.7. The van der Waals surface area contributed by atoms with E-state index < -0.39 is 0 Å². The number of hydrogen-bond donors (Lipinski definition) is 2. The van der Waals surface area contributed by atoms with E-state index in [0.29, 0.717) is 25.4 Å². The quantitative estimate of drug-likeness (QED) is 0.519. The molecule has 6 nitrogen and oxygen atoms in total. The number of carbonyl (C=O) groups is 1. The molecule has 0 aliphatic carbocycles. The Morgan fingerprint density at radius 1 is 1.00 bits per heavy atom. The van der Waals surface area contributed by atoms with Crippen LogP contribution in [0.4, 0.5) is 5.82 Å². The number of rotatable bonds is 3. The Hall–Kier alpha value is -2.92. The maximum atomic E-state index is 10.7. The molecule has 0 saturated carbocycles. The molecule has 2 aromatic carbocycles. The van der Waals surface area contributed by atoms with Crippen molar-refractivity contribution in [3.63, 3.8) is 0 Å². The fraction of sp³-hybridized carbons (Fsp3) is 0.143. The lowest BCUT2D eigenvalue weighted by Crippen LogP contribution is -1.99. The number of aromatic nitrogens is 2. The molecule has 0 fully saturated rings. The van der Waals surface area contributed by atoms with Crippen LogP contribution in [0.25, 0.3) is 22.5 Å². The summed E-state index contributed by atoms with van der Waals surface area (Å²) < 4.78 is 0. The lowest BCUT2D eigenvalue weighted by molar-refractivity contribution is 0.112. The number of carbonyl (C=O) groups excluding carboxylic acids is 1. The van der Waals surface area contributed by atoms with E-state index in [2.05, 4.69) is 16.3 Å². The molecule has 1 aromatic heterocycles. The first-order valence-electron chi connectivity index (χ1n) is 8.43. The highest BCUT2D eigenvalue weighted by atomic mass is 31.1. The van der Waals surface area contributed by atoms with Gasteiger partial charge < -0.3 is 10.6 Å². The highest BCUT2D eigenvalue weighted by molar-refractivity contribution is 7.33.